The highest BCUT2D eigenvalue weighted by Gasteiger charge is 2.07. The average Bonchev–Trinajstić information content (AvgIpc) is 2.68. The molecule has 0 saturated carbocycles. The molecule has 0 aliphatic heterocycles. The minimum absolute atomic E-state index is 0.279. The molecule has 0 heterocycles. The molecule has 0 atom stereocenters. The molecule has 136 valence electrons. The first-order valence-corrected chi connectivity index (χ1v) is 9.35. The maximum absolute atomic E-state index is 12.1. The molecule has 1 amide bonds. The molecule has 4 nitrogen and oxygen atoms in total. The molecule has 0 fully saturated rings. The Morgan fingerprint density at radius 1 is 1.04 bits per heavy atom. The van der Waals surface area contributed by atoms with Crippen molar-refractivity contribution >= 4 is 39.7 Å². The van der Waals surface area contributed by atoms with Gasteiger partial charge in [-0.3, -0.25) is 4.79 Å². The van der Waals surface area contributed by atoms with Crippen LogP contribution in [0.4, 0.5) is 0 Å². The number of benzene rings is 3. The van der Waals surface area contributed by atoms with E-state index in [4.69, 9.17) is 16.3 Å². The van der Waals surface area contributed by atoms with Crippen LogP contribution >= 0.6 is 27.5 Å². The van der Waals surface area contributed by atoms with Crippen molar-refractivity contribution in [2.24, 2.45) is 5.10 Å². The van der Waals surface area contributed by atoms with Crippen LogP contribution in [0, 0.1) is 0 Å². The van der Waals surface area contributed by atoms with Crippen molar-refractivity contribution in [3.8, 4) is 5.75 Å². The van der Waals surface area contributed by atoms with Gasteiger partial charge in [0.15, 0.2) is 0 Å². The predicted molar refractivity (Wildman–Crippen MR) is 111 cm³/mol. The molecule has 3 aromatic carbocycles. The van der Waals surface area contributed by atoms with Crippen LogP contribution in [-0.4, -0.2) is 12.1 Å². The van der Waals surface area contributed by atoms with Gasteiger partial charge in [-0.2, -0.15) is 5.10 Å². The summed E-state index contributed by atoms with van der Waals surface area (Å²) in [6.45, 7) is 0.398. The Labute approximate surface area is 171 Å². The Kier molecular flexibility index (Phi) is 6.63. The number of hydrogen-bond acceptors (Lipinski definition) is 3. The molecule has 0 spiro atoms. The van der Waals surface area contributed by atoms with Crippen molar-refractivity contribution in [1.82, 2.24) is 5.43 Å². The van der Waals surface area contributed by atoms with Gasteiger partial charge in [-0.15, -0.1) is 0 Å². The maximum Gasteiger partial charge on any atom is 0.272 e. The number of carbonyl (C=O) groups excluding carboxylic acids is 1. The first-order valence-electron chi connectivity index (χ1n) is 8.17. The van der Waals surface area contributed by atoms with Crippen molar-refractivity contribution in [3.63, 3.8) is 0 Å². The third-order valence-corrected chi connectivity index (χ3v) is 4.79. The van der Waals surface area contributed by atoms with E-state index >= 15 is 0 Å². The van der Waals surface area contributed by atoms with Gasteiger partial charge in [-0.05, 0) is 64.0 Å². The summed E-state index contributed by atoms with van der Waals surface area (Å²) >= 11 is 9.46. The van der Waals surface area contributed by atoms with Gasteiger partial charge in [0.05, 0.1) is 11.8 Å². The molecule has 0 bridgehead atoms. The SMILES string of the molecule is O=C(N/N=C\c1ccc(OCc2ccccc2Cl)cc1)c1ccccc1Br. The lowest BCUT2D eigenvalue weighted by atomic mass is 10.2. The first-order chi connectivity index (χ1) is 13.1. The van der Waals surface area contributed by atoms with E-state index in [0.29, 0.717) is 17.2 Å². The number of carbonyl (C=O) groups is 1. The quantitative estimate of drug-likeness (QED) is 0.407. The van der Waals surface area contributed by atoms with E-state index < -0.39 is 0 Å². The van der Waals surface area contributed by atoms with Gasteiger partial charge >= 0.3 is 0 Å². The summed E-state index contributed by atoms with van der Waals surface area (Å²) in [5.41, 5.74) is 4.81. The molecular formula is C21H16BrClN2O2. The van der Waals surface area contributed by atoms with Crippen molar-refractivity contribution in [2.45, 2.75) is 6.61 Å². The second-order valence-electron chi connectivity index (χ2n) is 5.63. The van der Waals surface area contributed by atoms with Crippen LogP contribution in [0.2, 0.25) is 5.02 Å². The van der Waals surface area contributed by atoms with Crippen molar-refractivity contribution in [1.29, 1.82) is 0 Å². The van der Waals surface area contributed by atoms with Crippen LogP contribution in [0.3, 0.4) is 0 Å². The third kappa shape index (κ3) is 5.42. The Bertz CT molecular complexity index is 958. The largest absolute Gasteiger partial charge is 0.489 e. The van der Waals surface area contributed by atoms with Crippen molar-refractivity contribution in [3.05, 3.63) is 99.0 Å². The molecule has 0 aromatic heterocycles. The van der Waals surface area contributed by atoms with Gasteiger partial charge in [-0.25, -0.2) is 5.43 Å². The zero-order valence-corrected chi connectivity index (χ0v) is 16.6. The fourth-order valence-electron chi connectivity index (χ4n) is 2.30. The van der Waals surface area contributed by atoms with Gasteiger partial charge in [0.25, 0.3) is 5.91 Å². The zero-order valence-electron chi connectivity index (χ0n) is 14.2. The highest BCUT2D eigenvalue weighted by atomic mass is 79.9. The molecule has 6 heteroatoms. The Hall–Kier alpha value is -2.63. The highest BCUT2D eigenvalue weighted by molar-refractivity contribution is 9.10. The molecule has 0 saturated heterocycles. The number of nitrogens with zero attached hydrogens (tertiary/aromatic N) is 1. The normalized spacial score (nSPS) is 10.7. The summed E-state index contributed by atoms with van der Waals surface area (Å²) in [6.07, 6.45) is 1.58. The fourth-order valence-corrected chi connectivity index (χ4v) is 2.95. The van der Waals surface area contributed by atoms with E-state index in [1.807, 2.05) is 54.6 Å². The lowest BCUT2D eigenvalue weighted by Gasteiger charge is -2.07. The smallest absolute Gasteiger partial charge is 0.272 e. The summed E-state index contributed by atoms with van der Waals surface area (Å²) < 4.78 is 6.46. The first kappa shape index (κ1) is 19.1. The number of hydrazone groups is 1. The number of hydrogen-bond donors (Lipinski definition) is 1. The van der Waals surface area contributed by atoms with Crippen LogP contribution in [0.5, 0.6) is 5.75 Å². The number of amides is 1. The fraction of sp³-hybridized carbons (Fsp3) is 0.0476. The highest BCUT2D eigenvalue weighted by Crippen LogP contribution is 2.19. The van der Waals surface area contributed by atoms with Gasteiger partial charge in [0.2, 0.25) is 0 Å². The van der Waals surface area contributed by atoms with Crippen LogP contribution in [0.1, 0.15) is 21.5 Å². The summed E-state index contributed by atoms with van der Waals surface area (Å²) in [6, 6.07) is 22.1. The molecule has 3 aromatic rings. The molecule has 0 aliphatic rings. The van der Waals surface area contributed by atoms with E-state index in [1.54, 1.807) is 24.4 Å². The molecule has 0 aliphatic carbocycles. The van der Waals surface area contributed by atoms with Gasteiger partial charge in [-0.1, -0.05) is 41.9 Å². The minimum Gasteiger partial charge on any atom is -0.489 e. The van der Waals surface area contributed by atoms with E-state index in [2.05, 4.69) is 26.5 Å². The topological polar surface area (TPSA) is 50.7 Å². The molecule has 0 unspecified atom stereocenters. The van der Waals surface area contributed by atoms with Gasteiger partial charge < -0.3 is 4.74 Å². The summed E-state index contributed by atoms with van der Waals surface area (Å²) in [4.78, 5) is 12.1. The summed E-state index contributed by atoms with van der Waals surface area (Å²) in [5, 5.41) is 4.67. The summed E-state index contributed by atoms with van der Waals surface area (Å²) in [7, 11) is 0. The van der Waals surface area contributed by atoms with Crippen molar-refractivity contribution in [2.75, 3.05) is 0 Å². The van der Waals surface area contributed by atoms with Crippen molar-refractivity contribution < 1.29 is 9.53 Å². The number of halogens is 2. The standard InChI is InChI=1S/C21H16BrClN2O2/c22-19-7-3-2-6-18(19)21(26)25-24-13-15-9-11-17(12-10-15)27-14-16-5-1-4-8-20(16)23/h1-13H,14H2,(H,25,26)/b24-13-. The zero-order chi connectivity index (χ0) is 19.1. The van der Waals surface area contributed by atoms with Crippen LogP contribution in [0.15, 0.2) is 82.4 Å². The Balaban J connectivity index is 1.54. The van der Waals surface area contributed by atoms with Gasteiger partial charge in [0, 0.05) is 15.1 Å². The maximum atomic E-state index is 12.1. The Morgan fingerprint density at radius 3 is 2.48 bits per heavy atom. The van der Waals surface area contributed by atoms with Crippen LogP contribution in [-0.2, 0) is 6.61 Å². The lowest BCUT2D eigenvalue weighted by Crippen LogP contribution is -2.18. The third-order valence-electron chi connectivity index (χ3n) is 3.73. The average molecular weight is 444 g/mol. The monoisotopic (exact) mass is 442 g/mol. The molecular weight excluding hydrogens is 428 g/mol. The number of rotatable bonds is 6. The van der Waals surface area contributed by atoms with E-state index in [1.165, 1.54) is 0 Å². The van der Waals surface area contributed by atoms with E-state index in [0.717, 1.165) is 21.3 Å². The number of ether oxygens (including phenoxy) is 1. The summed E-state index contributed by atoms with van der Waals surface area (Å²) in [5.74, 6) is 0.447. The Morgan fingerprint density at radius 2 is 1.74 bits per heavy atom. The molecule has 3 rings (SSSR count). The van der Waals surface area contributed by atoms with E-state index in [9.17, 15) is 4.79 Å². The molecule has 0 radical (unpaired) electrons. The minimum atomic E-state index is -0.279. The van der Waals surface area contributed by atoms with E-state index in [-0.39, 0.29) is 5.91 Å². The second-order valence-corrected chi connectivity index (χ2v) is 6.89. The number of nitrogens with one attached hydrogen (secondary N) is 1. The lowest BCUT2D eigenvalue weighted by molar-refractivity contribution is 0.0954. The second kappa shape index (κ2) is 9.35. The molecule has 1 N–H and O–H groups in total. The van der Waals surface area contributed by atoms with Crippen LogP contribution < -0.4 is 10.2 Å². The predicted octanol–water partition coefficient (Wildman–Crippen LogP) is 5.45. The van der Waals surface area contributed by atoms with Crippen LogP contribution in [0.25, 0.3) is 0 Å². The van der Waals surface area contributed by atoms with Gasteiger partial charge in [0.1, 0.15) is 12.4 Å². The molecule has 27 heavy (non-hydrogen) atoms.